The van der Waals surface area contributed by atoms with Crippen LogP contribution >= 0.6 is 0 Å². The van der Waals surface area contributed by atoms with Crippen LogP contribution in [0.3, 0.4) is 0 Å². The van der Waals surface area contributed by atoms with Crippen molar-refractivity contribution in [2.45, 2.75) is 38.8 Å². The van der Waals surface area contributed by atoms with Gasteiger partial charge in [-0.1, -0.05) is 42.0 Å². The maximum absolute atomic E-state index is 13.6. The zero-order valence-electron chi connectivity index (χ0n) is 19.8. The minimum atomic E-state index is -3.16. The first kappa shape index (κ1) is 24.3. The van der Waals surface area contributed by atoms with E-state index in [0.29, 0.717) is 26.1 Å². The molecule has 2 aliphatic heterocycles. The molecule has 0 aromatic heterocycles. The summed E-state index contributed by atoms with van der Waals surface area (Å²) in [6.45, 7) is 3.30. The number of aryl methyl sites for hydroxylation is 1. The van der Waals surface area contributed by atoms with Gasteiger partial charge < -0.3 is 14.5 Å². The molecule has 7 nitrogen and oxygen atoms in total. The zero-order valence-corrected chi connectivity index (χ0v) is 20.6. The van der Waals surface area contributed by atoms with E-state index in [2.05, 4.69) is 24.3 Å². The smallest absolute Gasteiger partial charge is 0.228 e. The SMILES string of the molecule is COc1ccc(CN(C(=O)C2CC(=O)N(CCc3ccc(C)cc3)C2)C2CCS(=O)(=O)C2)cc1. The van der Waals surface area contributed by atoms with Crippen LogP contribution in [0.25, 0.3) is 0 Å². The van der Waals surface area contributed by atoms with Gasteiger partial charge in [0.25, 0.3) is 0 Å². The predicted octanol–water partition coefficient (Wildman–Crippen LogP) is 2.61. The van der Waals surface area contributed by atoms with Crippen LogP contribution in [-0.2, 0) is 32.4 Å². The highest BCUT2D eigenvalue weighted by molar-refractivity contribution is 7.91. The molecule has 2 aromatic carbocycles. The minimum absolute atomic E-state index is 0.0195. The molecule has 182 valence electrons. The topological polar surface area (TPSA) is 84.0 Å². The second-order valence-corrected chi connectivity index (χ2v) is 11.6. The Morgan fingerprint density at radius 1 is 1.09 bits per heavy atom. The number of hydrogen-bond acceptors (Lipinski definition) is 5. The van der Waals surface area contributed by atoms with Gasteiger partial charge in [0.1, 0.15) is 5.75 Å². The molecule has 0 saturated carbocycles. The van der Waals surface area contributed by atoms with Crippen LogP contribution in [0.1, 0.15) is 29.5 Å². The van der Waals surface area contributed by atoms with Crippen molar-refractivity contribution in [1.29, 1.82) is 0 Å². The van der Waals surface area contributed by atoms with Crippen LogP contribution in [0, 0.1) is 12.8 Å². The molecule has 0 N–H and O–H groups in total. The Balaban J connectivity index is 1.45. The molecule has 0 radical (unpaired) electrons. The van der Waals surface area contributed by atoms with Crippen LogP contribution in [0.15, 0.2) is 48.5 Å². The quantitative estimate of drug-likeness (QED) is 0.575. The molecule has 2 fully saturated rings. The molecule has 2 unspecified atom stereocenters. The van der Waals surface area contributed by atoms with Crippen LogP contribution in [0.5, 0.6) is 5.75 Å². The highest BCUT2D eigenvalue weighted by Crippen LogP contribution is 2.27. The van der Waals surface area contributed by atoms with Crippen LogP contribution in [0.4, 0.5) is 0 Å². The fraction of sp³-hybridized carbons (Fsp3) is 0.462. The third-order valence-corrected chi connectivity index (χ3v) is 8.55. The average molecular weight is 485 g/mol. The summed E-state index contributed by atoms with van der Waals surface area (Å²) in [6.07, 6.45) is 1.34. The Hall–Kier alpha value is -2.87. The monoisotopic (exact) mass is 484 g/mol. The predicted molar refractivity (Wildman–Crippen MR) is 130 cm³/mol. The number of carbonyl (C=O) groups is 2. The van der Waals surface area contributed by atoms with E-state index in [1.165, 1.54) is 5.56 Å². The number of amides is 2. The molecule has 2 aromatic rings. The molecule has 2 atom stereocenters. The third kappa shape index (κ3) is 5.78. The van der Waals surface area contributed by atoms with Gasteiger partial charge in [-0.2, -0.15) is 0 Å². The lowest BCUT2D eigenvalue weighted by molar-refractivity contribution is -0.138. The van der Waals surface area contributed by atoms with E-state index in [1.807, 2.05) is 31.2 Å². The Kier molecular flexibility index (Phi) is 7.26. The lowest BCUT2D eigenvalue weighted by atomic mass is 10.0. The Morgan fingerprint density at radius 2 is 1.76 bits per heavy atom. The van der Waals surface area contributed by atoms with E-state index in [9.17, 15) is 18.0 Å². The summed E-state index contributed by atoms with van der Waals surface area (Å²) < 4.78 is 29.5. The van der Waals surface area contributed by atoms with Crippen molar-refractivity contribution in [3.63, 3.8) is 0 Å². The molecular formula is C26H32N2O5S. The van der Waals surface area contributed by atoms with E-state index in [1.54, 1.807) is 16.9 Å². The fourth-order valence-electron chi connectivity index (χ4n) is 4.74. The van der Waals surface area contributed by atoms with Crippen molar-refractivity contribution in [3.8, 4) is 5.75 Å². The first-order valence-corrected chi connectivity index (χ1v) is 13.5. The van der Waals surface area contributed by atoms with Gasteiger partial charge in [-0.3, -0.25) is 9.59 Å². The molecular weight excluding hydrogens is 452 g/mol. The normalized spacial score (nSPS) is 21.6. The van der Waals surface area contributed by atoms with Crippen molar-refractivity contribution in [2.24, 2.45) is 5.92 Å². The summed E-state index contributed by atoms with van der Waals surface area (Å²) in [4.78, 5) is 29.7. The standard InChI is InChI=1S/C26H32N2O5S/c1-19-3-5-20(6-4-19)11-13-27-17-22(15-25(27)29)26(30)28(23-12-14-34(31,32)18-23)16-21-7-9-24(33-2)10-8-21/h3-10,22-23H,11-18H2,1-2H3. The van der Waals surface area contributed by atoms with E-state index in [0.717, 1.165) is 23.3 Å². The van der Waals surface area contributed by atoms with E-state index < -0.39 is 15.8 Å². The molecule has 2 aliphatic rings. The summed E-state index contributed by atoms with van der Waals surface area (Å²) in [7, 11) is -1.56. The summed E-state index contributed by atoms with van der Waals surface area (Å²) in [5.41, 5.74) is 3.25. The van der Waals surface area contributed by atoms with Crippen LogP contribution < -0.4 is 4.74 Å². The van der Waals surface area contributed by atoms with Gasteiger partial charge in [0.15, 0.2) is 9.84 Å². The van der Waals surface area contributed by atoms with Gasteiger partial charge >= 0.3 is 0 Å². The van der Waals surface area contributed by atoms with Gasteiger partial charge in [-0.05, 0) is 43.0 Å². The van der Waals surface area contributed by atoms with Crippen molar-refractivity contribution in [2.75, 3.05) is 31.7 Å². The summed E-state index contributed by atoms with van der Waals surface area (Å²) in [6, 6.07) is 15.3. The van der Waals surface area contributed by atoms with E-state index in [4.69, 9.17) is 4.74 Å². The summed E-state index contributed by atoms with van der Waals surface area (Å²) in [5.74, 6) is 0.184. The minimum Gasteiger partial charge on any atom is -0.497 e. The number of carbonyl (C=O) groups excluding carboxylic acids is 2. The van der Waals surface area contributed by atoms with Crippen molar-refractivity contribution in [1.82, 2.24) is 9.80 Å². The van der Waals surface area contributed by atoms with Crippen LogP contribution in [0.2, 0.25) is 0 Å². The second kappa shape index (κ2) is 10.2. The molecule has 8 heteroatoms. The summed E-state index contributed by atoms with van der Waals surface area (Å²) >= 11 is 0. The highest BCUT2D eigenvalue weighted by atomic mass is 32.2. The Morgan fingerprint density at radius 3 is 2.38 bits per heavy atom. The number of sulfone groups is 1. The first-order chi connectivity index (χ1) is 16.2. The van der Waals surface area contributed by atoms with Crippen LogP contribution in [-0.4, -0.2) is 67.8 Å². The van der Waals surface area contributed by atoms with E-state index in [-0.39, 0.29) is 35.8 Å². The number of ether oxygens (including phenoxy) is 1. The molecule has 0 bridgehead atoms. The molecule has 34 heavy (non-hydrogen) atoms. The largest absolute Gasteiger partial charge is 0.497 e. The van der Waals surface area contributed by atoms with Gasteiger partial charge in [-0.15, -0.1) is 0 Å². The van der Waals surface area contributed by atoms with Gasteiger partial charge in [0.05, 0.1) is 24.5 Å². The number of benzene rings is 2. The number of likely N-dealkylation sites (tertiary alicyclic amines) is 1. The van der Waals surface area contributed by atoms with Crippen molar-refractivity contribution >= 4 is 21.7 Å². The maximum Gasteiger partial charge on any atom is 0.228 e. The lowest BCUT2D eigenvalue weighted by Gasteiger charge is -2.31. The lowest BCUT2D eigenvalue weighted by Crippen LogP contribution is -2.44. The van der Waals surface area contributed by atoms with Crippen molar-refractivity contribution < 1.29 is 22.7 Å². The van der Waals surface area contributed by atoms with Crippen molar-refractivity contribution in [3.05, 3.63) is 65.2 Å². The number of hydrogen-bond donors (Lipinski definition) is 0. The molecule has 0 aliphatic carbocycles. The van der Waals surface area contributed by atoms with Gasteiger partial charge in [0.2, 0.25) is 11.8 Å². The first-order valence-electron chi connectivity index (χ1n) is 11.7. The van der Waals surface area contributed by atoms with E-state index >= 15 is 0 Å². The zero-order chi connectivity index (χ0) is 24.3. The third-order valence-electron chi connectivity index (χ3n) is 6.80. The van der Waals surface area contributed by atoms with Gasteiger partial charge in [0, 0.05) is 32.1 Å². The average Bonchev–Trinajstić information content (AvgIpc) is 3.38. The number of methoxy groups -OCH3 is 1. The number of rotatable bonds is 8. The Labute approximate surface area is 201 Å². The second-order valence-electron chi connectivity index (χ2n) is 9.35. The molecule has 4 rings (SSSR count). The molecule has 2 heterocycles. The number of nitrogens with zero attached hydrogens (tertiary/aromatic N) is 2. The Bertz CT molecular complexity index is 1130. The summed E-state index contributed by atoms with van der Waals surface area (Å²) in [5, 5.41) is 0. The molecule has 2 amide bonds. The maximum atomic E-state index is 13.6. The molecule has 2 saturated heterocycles. The molecule has 0 spiro atoms. The van der Waals surface area contributed by atoms with Gasteiger partial charge in [-0.25, -0.2) is 8.42 Å². The fourth-order valence-corrected chi connectivity index (χ4v) is 6.47. The highest BCUT2D eigenvalue weighted by Gasteiger charge is 2.41.